The lowest BCUT2D eigenvalue weighted by Crippen LogP contribution is -2.16. The van der Waals surface area contributed by atoms with Gasteiger partial charge in [-0.15, -0.1) is 0 Å². The SMILES string of the molecule is O=C(O)c1cc(OCc2ccc(F)cc2Cl)ccc1NC(=O)C1CC1. The average molecular weight is 364 g/mol. The first kappa shape index (κ1) is 17.2. The van der Waals surface area contributed by atoms with Crippen LogP contribution in [0.1, 0.15) is 28.8 Å². The first-order valence-electron chi connectivity index (χ1n) is 7.69. The van der Waals surface area contributed by atoms with E-state index in [0.29, 0.717) is 11.3 Å². The summed E-state index contributed by atoms with van der Waals surface area (Å²) in [5.41, 5.74) is 0.749. The summed E-state index contributed by atoms with van der Waals surface area (Å²) in [5.74, 6) is -1.51. The molecule has 0 aromatic heterocycles. The van der Waals surface area contributed by atoms with Gasteiger partial charge in [0.2, 0.25) is 5.91 Å². The molecule has 130 valence electrons. The van der Waals surface area contributed by atoms with Crippen LogP contribution in [0.5, 0.6) is 5.75 Å². The van der Waals surface area contributed by atoms with E-state index in [1.807, 2.05) is 0 Å². The number of nitrogens with one attached hydrogen (secondary N) is 1. The number of carboxylic acid groups (broad SMARTS) is 1. The molecule has 25 heavy (non-hydrogen) atoms. The smallest absolute Gasteiger partial charge is 0.337 e. The lowest BCUT2D eigenvalue weighted by atomic mass is 10.1. The molecule has 0 radical (unpaired) electrons. The Hall–Kier alpha value is -2.60. The van der Waals surface area contributed by atoms with Crippen LogP contribution in [0.25, 0.3) is 0 Å². The minimum atomic E-state index is -1.17. The molecule has 2 aromatic rings. The molecular weight excluding hydrogens is 349 g/mol. The van der Waals surface area contributed by atoms with Gasteiger partial charge in [-0.05, 0) is 43.2 Å². The number of anilines is 1. The van der Waals surface area contributed by atoms with Gasteiger partial charge in [-0.3, -0.25) is 4.79 Å². The first-order valence-corrected chi connectivity index (χ1v) is 8.07. The highest BCUT2D eigenvalue weighted by Gasteiger charge is 2.30. The Kier molecular flexibility index (Phi) is 4.90. The maximum Gasteiger partial charge on any atom is 0.337 e. The second-order valence-electron chi connectivity index (χ2n) is 5.80. The lowest BCUT2D eigenvalue weighted by Gasteiger charge is -2.12. The fraction of sp³-hybridized carbons (Fsp3) is 0.222. The fourth-order valence-corrected chi connectivity index (χ4v) is 2.50. The van der Waals surface area contributed by atoms with E-state index in [9.17, 15) is 19.1 Å². The molecule has 2 aromatic carbocycles. The second kappa shape index (κ2) is 7.11. The quantitative estimate of drug-likeness (QED) is 0.810. The predicted octanol–water partition coefficient (Wildman–Crippen LogP) is 4.10. The van der Waals surface area contributed by atoms with Gasteiger partial charge in [0.15, 0.2) is 0 Å². The number of aromatic carboxylic acids is 1. The molecule has 0 aliphatic heterocycles. The molecule has 0 saturated heterocycles. The molecule has 1 aliphatic rings. The third-order valence-electron chi connectivity index (χ3n) is 3.84. The molecule has 0 bridgehead atoms. The topological polar surface area (TPSA) is 75.6 Å². The zero-order valence-corrected chi connectivity index (χ0v) is 13.8. The van der Waals surface area contributed by atoms with Crippen molar-refractivity contribution in [1.82, 2.24) is 0 Å². The summed E-state index contributed by atoms with van der Waals surface area (Å²) in [6.07, 6.45) is 1.65. The third kappa shape index (κ3) is 4.28. The van der Waals surface area contributed by atoms with Crippen LogP contribution in [0, 0.1) is 11.7 Å². The molecule has 1 saturated carbocycles. The first-order chi connectivity index (χ1) is 11.9. The van der Waals surface area contributed by atoms with E-state index in [1.165, 1.54) is 30.3 Å². The minimum Gasteiger partial charge on any atom is -0.489 e. The van der Waals surface area contributed by atoms with E-state index in [-0.39, 0.29) is 34.7 Å². The van der Waals surface area contributed by atoms with E-state index < -0.39 is 11.8 Å². The van der Waals surface area contributed by atoms with Crippen molar-refractivity contribution in [2.45, 2.75) is 19.4 Å². The van der Waals surface area contributed by atoms with Crippen LogP contribution in [0.3, 0.4) is 0 Å². The summed E-state index contributed by atoms with van der Waals surface area (Å²) >= 11 is 5.93. The van der Waals surface area contributed by atoms with Crippen LogP contribution in [0.15, 0.2) is 36.4 Å². The number of ether oxygens (including phenoxy) is 1. The van der Waals surface area contributed by atoms with Crippen molar-refractivity contribution in [2.24, 2.45) is 5.92 Å². The van der Waals surface area contributed by atoms with Crippen molar-refractivity contribution in [3.8, 4) is 5.75 Å². The monoisotopic (exact) mass is 363 g/mol. The van der Waals surface area contributed by atoms with Gasteiger partial charge in [-0.25, -0.2) is 9.18 Å². The van der Waals surface area contributed by atoms with Gasteiger partial charge < -0.3 is 15.2 Å². The molecule has 5 nitrogen and oxygen atoms in total. The maximum atomic E-state index is 13.0. The molecule has 1 aliphatic carbocycles. The minimum absolute atomic E-state index is 0.0295. The van der Waals surface area contributed by atoms with Crippen molar-refractivity contribution >= 4 is 29.2 Å². The van der Waals surface area contributed by atoms with Gasteiger partial charge in [0.05, 0.1) is 16.3 Å². The molecule has 0 heterocycles. The number of carbonyl (C=O) groups excluding carboxylic acids is 1. The second-order valence-corrected chi connectivity index (χ2v) is 6.21. The molecule has 2 N–H and O–H groups in total. The van der Waals surface area contributed by atoms with Gasteiger partial charge in [0, 0.05) is 11.5 Å². The Morgan fingerprint density at radius 1 is 1.24 bits per heavy atom. The van der Waals surface area contributed by atoms with E-state index in [4.69, 9.17) is 16.3 Å². The summed E-state index contributed by atoms with van der Waals surface area (Å²) in [6, 6.07) is 8.34. The molecular formula is C18H15ClFNO4. The molecule has 0 atom stereocenters. The highest BCUT2D eigenvalue weighted by molar-refractivity contribution is 6.31. The fourth-order valence-electron chi connectivity index (χ4n) is 2.28. The maximum absolute atomic E-state index is 13.0. The molecule has 0 unspecified atom stereocenters. The highest BCUT2D eigenvalue weighted by Crippen LogP contribution is 2.31. The van der Waals surface area contributed by atoms with Crippen LogP contribution in [-0.4, -0.2) is 17.0 Å². The van der Waals surface area contributed by atoms with Crippen LogP contribution in [0.4, 0.5) is 10.1 Å². The van der Waals surface area contributed by atoms with Crippen molar-refractivity contribution in [3.63, 3.8) is 0 Å². The molecule has 7 heteroatoms. The van der Waals surface area contributed by atoms with E-state index in [2.05, 4.69) is 5.32 Å². The Balaban J connectivity index is 1.74. The largest absolute Gasteiger partial charge is 0.489 e. The summed E-state index contributed by atoms with van der Waals surface area (Å²) in [7, 11) is 0. The Labute approximate surface area is 148 Å². The molecule has 1 amide bonds. The summed E-state index contributed by atoms with van der Waals surface area (Å²) < 4.78 is 18.6. The average Bonchev–Trinajstić information content (AvgIpc) is 3.40. The summed E-state index contributed by atoms with van der Waals surface area (Å²) in [5, 5.41) is 12.2. The van der Waals surface area contributed by atoms with Gasteiger partial charge in [0.1, 0.15) is 18.2 Å². The number of carbonyl (C=O) groups is 2. The normalized spacial score (nSPS) is 13.4. The third-order valence-corrected chi connectivity index (χ3v) is 4.19. The zero-order chi connectivity index (χ0) is 18.0. The highest BCUT2D eigenvalue weighted by atomic mass is 35.5. The van der Waals surface area contributed by atoms with Crippen LogP contribution in [0.2, 0.25) is 5.02 Å². The number of halogens is 2. The number of rotatable bonds is 6. The zero-order valence-electron chi connectivity index (χ0n) is 13.1. The van der Waals surface area contributed by atoms with Gasteiger partial charge in [-0.1, -0.05) is 17.7 Å². The lowest BCUT2D eigenvalue weighted by molar-refractivity contribution is -0.117. The van der Waals surface area contributed by atoms with Crippen LogP contribution >= 0.6 is 11.6 Å². The van der Waals surface area contributed by atoms with Crippen molar-refractivity contribution < 1.29 is 23.8 Å². The van der Waals surface area contributed by atoms with Gasteiger partial charge >= 0.3 is 5.97 Å². The van der Waals surface area contributed by atoms with Gasteiger partial charge in [-0.2, -0.15) is 0 Å². The predicted molar refractivity (Wildman–Crippen MR) is 90.5 cm³/mol. The number of hydrogen-bond donors (Lipinski definition) is 2. The number of benzene rings is 2. The number of carboxylic acids is 1. The van der Waals surface area contributed by atoms with Crippen molar-refractivity contribution in [1.29, 1.82) is 0 Å². The Morgan fingerprint density at radius 3 is 2.64 bits per heavy atom. The Morgan fingerprint density at radius 2 is 2.00 bits per heavy atom. The van der Waals surface area contributed by atoms with Crippen molar-refractivity contribution in [3.05, 3.63) is 58.4 Å². The van der Waals surface area contributed by atoms with Crippen LogP contribution in [-0.2, 0) is 11.4 Å². The molecule has 1 fully saturated rings. The van der Waals surface area contributed by atoms with E-state index in [1.54, 1.807) is 6.07 Å². The Bertz CT molecular complexity index is 836. The summed E-state index contributed by atoms with van der Waals surface area (Å²) in [4.78, 5) is 23.3. The van der Waals surface area contributed by atoms with Gasteiger partial charge in [0.25, 0.3) is 0 Å². The molecule has 3 rings (SSSR count). The van der Waals surface area contributed by atoms with Crippen molar-refractivity contribution in [2.75, 3.05) is 5.32 Å². The number of amides is 1. The summed E-state index contributed by atoms with van der Waals surface area (Å²) in [6.45, 7) is 0.0615. The van der Waals surface area contributed by atoms with E-state index in [0.717, 1.165) is 12.8 Å². The standard InChI is InChI=1S/C18H15ClFNO4/c19-15-7-12(20)4-3-11(15)9-25-13-5-6-16(14(8-13)18(23)24)21-17(22)10-1-2-10/h3-8,10H,1-2,9H2,(H,21,22)(H,23,24). The van der Waals surface area contributed by atoms with Crippen LogP contribution < -0.4 is 10.1 Å². The van der Waals surface area contributed by atoms with E-state index >= 15 is 0 Å². The molecule has 0 spiro atoms. The number of hydrogen-bond acceptors (Lipinski definition) is 3.